The fourth-order valence-electron chi connectivity index (χ4n) is 1.83. The average Bonchev–Trinajstić information content (AvgIpc) is 2.47. The van der Waals surface area contributed by atoms with Crippen molar-refractivity contribution in [1.29, 1.82) is 0 Å². The highest BCUT2D eigenvalue weighted by Gasteiger charge is 1.90. The zero-order valence-corrected chi connectivity index (χ0v) is 13.1. The molecule has 0 saturated carbocycles. The lowest BCUT2D eigenvalue weighted by Gasteiger charge is -1.99. The molecule has 0 aromatic rings. The van der Waals surface area contributed by atoms with Crippen LogP contribution in [0.3, 0.4) is 0 Å². The van der Waals surface area contributed by atoms with E-state index in [1.54, 1.807) is 6.08 Å². The van der Waals surface area contributed by atoms with E-state index in [2.05, 4.69) is 38.2 Å². The van der Waals surface area contributed by atoms with E-state index in [4.69, 9.17) is 0 Å². The Morgan fingerprint density at radius 2 is 1.25 bits per heavy atom. The van der Waals surface area contributed by atoms with Crippen LogP contribution >= 0.6 is 0 Å². The zero-order valence-electron chi connectivity index (χ0n) is 13.1. The highest BCUT2D eigenvalue weighted by Crippen LogP contribution is 2.08. The molecule has 0 spiro atoms. The van der Waals surface area contributed by atoms with Gasteiger partial charge in [-0.3, -0.25) is 0 Å². The van der Waals surface area contributed by atoms with Crippen LogP contribution in [0.2, 0.25) is 0 Å². The highest BCUT2D eigenvalue weighted by atomic mass is 14.0. The van der Waals surface area contributed by atoms with Gasteiger partial charge in [-0.1, -0.05) is 107 Å². The normalized spacial score (nSPS) is 12.4. The molecule has 0 rings (SSSR count). The molecule has 111 valence electrons. The molecule has 0 aromatic heterocycles. The molecule has 0 N–H and O–H groups in total. The highest BCUT2D eigenvalue weighted by molar-refractivity contribution is 5.17. The number of unbranched alkanes of at least 4 members (excludes halogenated alkanes) is 8. The number of rotatable bonds is 13. The number of allylic oxidation sites excluding steroid dienone is 9. The van der Waals surface area contributed by atoms with E-state index >= 15 is 0 Å². The van der Waals surface area contributed by atoms with Crippen molar-refractivity contribution in [1.82, 2.24) is 0 Å². The van der Waals surface area contributed by atoms with Gasteiger partial charge in [0.05, 0.1) is 0 Å². The van der Waals surface area contributed by atoms with E-state index in [1.165, 1.54) is 51.4 Å². The minimum absolute atomic E-state index is 1.20. The summed E-state index contributed by atoms with van der Waals surface area (Å²) in [6.07, 6.45) is 31.1. The largest absolute Gasteiger partial charge is 0.0991 e. The lowest BCUT2D eigenvalue weighted by molar-refractivity contribution is 0.632. The van der Waals surface area contributed by atoms with E-state index in [1.807, 2.05) is 30.4 Å². The Labute approximate surface area is 126 Å². The van der Waals surface area contributed by atoms with Gasteiger partial charge in [0.15, 0.2) is 0 Å². The van der Waals surface area contributed by atoms with Crippen molar-refractivity contribution in [3.05, 3.63) is 67.7 Å². The van der Waals surface area contributed by atoms with Crippen LogP contribution in [0, 0.1) is 6.42 Å². The van der Waals surface area contributed by atoms with Gasteiger partial charge in [0.1, 0.15) is 0 Å². The Bertz CT molecular complexity index is 302. The van der Waals surface area contributed by atoms with Gasteiger partial charge in [0.2, 0.25) is 0 Å². The van der Waals surface area contributed by atoms with Crippen LogP contribution in [0.25, 0.3) is 0 Å². The molecule has 1 radical (unpaired) electrons. The molecular formula is C20H31. The summed E-state index contributed by atoms with van der Waals surface area (Å²) in [7, 11) is 0. The lowest BCUT2D eigenvalue weighted by Crippen LogP contribution is -1.80. The number of hydrogen-bond donors (Lipinski definition) is 0. The van der Waals surface area contributed by atoms with Crippen molar-refractivity contribution in [2.75, 3.05) is 0 Å². The molecule has 20 heavy (non-hydrogen) atoms. The molecule has 0 unspecified atom stereocenters. The summed E-state index contributed by atoms with van der Waals surface area (Å²) < 4.78 is 0. The summed E-state index contributed by atoms with van der Waals surface area (Å²) in [5.74, 6) is 0. The maximum absolute atomic E-state index is 3.62. The smallest absolute Gasteiger partial charge is 0.0348 e. The Balaban J connectivity index is 3.31. The van der Waals surface area contributed by atoms with Crippen molar-refractivity contribution in [2.24, 2.45) is 0 Å². The van der Waals surface area contributed by atoms with Crippen molar-refractivity contribution < 1.29 is 0 Å². The first-order chi connectivity index (χ1) is 9.91. The molecule has 0 fully saturated rings. The molecule has 0 aromatic carbocycles. The fraction of sp³-hybridized carbons (Fsp3) is 0.450. The molecule has 0 saturated heterocycles. The molecule has 0 aliphatic heterocycles. The Morgan fingerprint density at radius 1 is 0.650 bits per heavy atom. The summed E-state index contributed by atoms with van der Waals surface area (Å²) in [5, 5.41) is 0. The monoisotopic (exact) mass is 271 g/mol. The minimum atomic E-state index is 1.20. The summed E-state index contributed by atoms with van der Waals surface area (Å²) in [5.41, 5.74) is 0. The van der Waals surface area contributed by atoms with Crippen molar-refractivity contribution >= 4 is 0 Å². The predicted octanol–water partition coefficient (Wildman–Crippen LogP) is 6.74. The van der Waals surface area contributed by atoms with Gasteiger partial charge >= 0.3 is 0 Å². The van der Waals surface area contributed by atoms with Gasteiger partial charge in [0.25, 0.3) is 0 Å². The van der Waals surface area contributed by atoms with Gasteiger partial charge < -0.3 is 0 Å². The van der Waals surface area contributed by atoms with Gasteiger partial charge in [-0.15, -0.1) is 0 Å². The third-order valence-electron chi connectivity index (χ3n) is 2.96. The predicted molar refractivity (Wildman–Crippen MR) is 93.7 cm³/mol. The van der Waals surface area contributed by atoms with Gasteiger partial charge in [-0.05, 0) is 19.3 Å². The first-order valence-corrected chi connectivity index (χ1v) is 8.01. The molecule has 0 amide bonds. The van der Waals surface area contributed by atoms with Gasteiger partial charge in [-0.2, -0.15) is 0 Å². The topological polar surface area (TPSA) is 0 Å². The van der Waals surface area contributed by atoms with Gasteiger partial charge in [0, 0.05) is 0 Å². The minimum Gasteiger partial charge on any atom is -0.0991 e. The maximum Gasteiger partial charge on any atom is -0.0348 e. The zero-order chi connectivity index (χ0) is 14.7. The molecular weight excluding hydrogens is 240 g/mol. The molecule has 0 heterocycles. The fourth-order valence-corrected chi connectivity index (χ4v) is 1.83. The first-order valence-electron chi connectivity index (χ1n) is 8.01. The van der Waals surface area contributed by atoms with Crippen LogP contribution < -0.4 is 0 Å². The third-order valence-corrected chi connectivity index (χ3v) is 2.96. The lowest BCUT2D eigenvalue weighted by atomic mass is 10.1. The van der Waals surface area contributed by atoms with E-state index in [-0.39, 0.29) is 0 Å². The van der Waals surface area contributed by atoms with Crippen molar-refractivity contribution in [3.63, 3.8) is 0 Å². The SMILES string of the molecule is C=C/C=C\C=CC=CC=CCCCCCC[CH]CCC. The quantitative estimate of drug-likeness (QED) is 0.257. The summed E-state index contributed by atoms with van der Waals surface area (Å²) >= 11 is 0. The Kier molecular flexibility index (Phi) is 16.5. The second kappa shape index (κ2) is 17.7. The van der Waals surface area contributed by atoms with Crippen molar-refractivity contribution in [3.8, 4) is 0 Å². The summed E-state index contributed by atoms with van der Waals surface area (Å²) in [4.78, 5) is 0. The molecule has 0 nitrogen and oxygen atoms in total. The second-order valence-corrected chi connectivity index (χ2v) is 4.89. The third kappa shape index (κ3) is 16.7. The van der Waals surface area contributed by atoms with E-state index < -0.39 is 0 Å². The van der Waals surface area contributed by atoms with E-state index in [0.717, 1.165) is 0 Å². The molecule has 0 aliphatic rings. The van der Waals surface area contributed by atoms with Crippen LogP contribution in [0.1, 0.15) is 58.3 Å². The van der Waals surface area contributed by atoms with Crippen molar-refractivity contribution in [2.45, 2.75) is 58.3 Å². The van der Waals surface area contributed by atoms with Crippen LogP contribution in [-0.2, 0) is 0 Å². The number of hydrogen-bond acceptors (Lipinski definition) is 0. The standard InChI is InChI=1S/C20H31/c1-3-5-7-9-11-13-15-17-19-20-18-16-14-12-10-8-6-4-2/h3,5,7-9,11,13,15,17,19H,1,4,6,10,12,14,16,18,20H2,2H3/b7-5-,11-9?,15-13?,19-17?. The van der Waals surface area contributed by atoms with Crippen LogP contribution in [0.4, 0.5) is 0 Å². The van der Waals surface area contributed by atoms with E-state index in [0.29, 0.717) is 0 Å². The Hall–Kier alpha value is -1.30. The van der Waals surface area contributed by atoms with Crippen LogP contribution in [0.5, 0.6) is 0 Å². The molecule has 0 atom stereocenters. The van der Waals surface area contributed by atoms with E-state index in [9.17, 15) is 0 Å². The van der Waals surface area contributed by atoms with Crippen LogP contribution in [-0.4, -0.2) is 0 Å². The summed E-state index contributed by atoms with van der Waals surface area (Å²) in [6.45, 7) is 5.86. The van der Waals surface area contributed by atoms with Gasteiger partial charge in [-0.25, -0.2) is 0 Å². The first kappa shape index (κ1) is 18.7. The molecule has 0 aliphatic carbocycles. The summed E-state index contributed by atoms with van der Waals surface area (Å²) in [6, 6.07) is 0. The second-order valence-electron chi connectivity index (χ2n) is 4.89. The van der Waals surface area contributed by atoms with Crippen LogP contribution in [0.15, 0.2) is 61.3 Å². The Morgan fingerprint density at radius 3 is 1.90 bits per heavy atom. The maximum atomic E-state index is 3.62. The molecule has 0 heteroatoms. The average molecular weight is 271 g/mol. The molecule has 0 bridgehead atoms.